The van der Waals surface area contributed by atoms with E-state index in [0.717, 1.165) is 29.7 Å². The molecule has 1 saturated heterocycles. The fourth-order valence-electron chi connectivity index (χ4n) is 4.02. The number of hydrogen-bond acceptors (Lipinski definition) is 6. The van der Waals surface area contributed by atoms with Crippen LogP contribution in [0.1, 0.15) is 30.9 Å². The van der Waals surface area contributed by atoms with Crippen molar-refractivity contribution in [2.75, 3.05) is 25.1 Å². The number of nitrogens with two attached hydrogens (primary N) is 1. The van der Waals surface area contributed by atoms with Gasteiger partial charge in [-0.05, 0) is 55.0 Å². The van der Waals surface area contributed by atoms with E-state index in [9.17, 15) is 10.1 Å². The molecule has 6 nitrogen and oxygen atoms in total. The highest BCUT2D eigenvalue weighted by molar-refractivity contribution is 7.98. The lowest BCUT2D eigenvalue weighted by atomic mass is 9.77. The Morgan fingerprint density at radius 1 is 1.54 bits per heavy atom. The van der Waals surface area contributed by atoms with Crippen LogP contribution in [0.5, 0.6) is 0 Å². The van der Waals surface area contributed by atoms with Crippen LogP contribution in [0, 0.1) is 17.2 Å². The van der Waals surface area contributed by atoms with Crippen LogP contribution < -0.4 is 16.4 Å². The maximum atomic E-state index is 12.9. The number of carbonyl (C=O) groups excluding carboxylic acids is 1. The van der Waals surface area contributed by atoms with Gasteiger partial charge in [0.05, 0.1) is 22.7 Å². The third-order valence-corrected chi connectivity index (χ3v) is 6.00. The van der Waals surface area contributed by atoms with E-state index in [4.69, 9.17) is 5.73 Å². The van der Waals surface area contributed by atoms with Crippen molar-refractivity contribution in [1.82, 2.24) is 15.6 Å². The third kappa shape index (κ3) is 4.14. The fraction of sp³-hybridized carbons (Fsp3) is 0.476. The zero-order valence-electron chi connectivity index (χ0n) is 16.4. The van der Waals surface area contributed by atoms with Gasteiger partial charge in [-0.1, -0.05) is 19.1 Å². The zero-order valence-corrected chi connectivity index (χ0v) is 17.2. The summed E-state index contributed by atoms with van der Waals surface area (Å²) >= 11 is 1.68. The van der Waals surface area contributed by atoms with E-state index in [1.807, 2.05) is 24.5 Å². The number of fused-ring (bicyclic) bond motifs is 1. The number of benzene rings is 1. The number of thioether (sulfide) groups is 1. The maximum absolute atomic E-state index is 12.9. The topological polar surface area (TPSA) is 104 Å². The molecule has 0 aliphatic carbocycles. The van der Waals surface area contributed by atoms with Crippen LogP contribution in [-0.2, 0) is 10.3 Å². The van der Waals surface area contributed by atoms with Crippen LogP contribution in [0.25, 0.3) is 10.9 Å². The average Bonchev–Trinajstić information content (AvgIpc) is 2.71. The number of rotatable bonds is 6. The lowest BCUT2D eigenvalue weighted by Gasteiger charge is -2.42. The molecule has 1 unspecified atom stereocenters. The van der Waals surface area contributed by atoms with Crippen LogP contribution in [0.3, 0.4) is 0 Å². The molecule has 0 saturated carbocycles. The van der Waals surface area contributed by atoms with Gasteiger partial charge >= 0.3 is 0 Å². The molecule has 3 atom stereocenters. The molecule has 2 aromatic rings. The SMILES string of the molecule is CSCCC(N)C(=O)N[C@]1(c2ccc(C#N)c3ncccc23)CNC[C@@H](C)C1. The molecule has 28 heavy (non-hydrogen) atoms. The van der Waals surface area contributed by atoms with Crippen molar-refractivity contribution >= 4 is 28.6 Å². The van der Waals surface area contributed by atoms with Gasteiger partial charge in [-0.25, -0.2) is 0 Å². The van der Waals surface area contributed by atoms with Crippen molar-refractivity contribution in [3.63, 3.8) is 0 Å². The number of pyridine rings is 1. The second-order valence-electron chi connectivity index (χ2n) is 7.57. The molecule has 1 aliphatic rings. The standard InChI is InChI=1S/C21H27N5OS/c1-14-10-21(13-24-12-14,26-20(27)18(23)7-9-28-2)17-6-5-15(11-22)19-16(17)4-3-8-25-19/h3-6,8,14,18,24H,7,9-10,12-13,23H2,1-2H3,(H,26,27)/t14-,18?,21-/m0/s1. The molecule has 0 radical (unpaired) electrons. The molecule has 3 rings (SSSR count). The number of nitriles is 1. The zero-order chi connectivity index (χ0) is 20.1. The highest BCUT2D eigenvalue weighted by Gasteiger charge is 2.40. The molecule has 1 aliphatic heterocycles. The molecule has 4 N–H and O–H groups in total. The van der Waals surface area contributed by atoms with Crippen LogP contribution in [-0.4, -0.2) is 42.0 Å². The molecule has 0 bridgehead atoms. The Bertz CT molecular complexity index is 896. The lowest BCUT2D eigenvalue weighted by molar-refractivity contribution is -0.124. The van der Waals surface area contributed by atoms with E-state index >= 15 is 0 Å². The minimum absolute atomic E-state index is 0.133. The maximum Gasteiger partial charge on any atom is 0.237 e. The quantitative estimate of drug-likeness (QED) is 0.690. The van der Waals surface area contributed by atoms with E-state index in [0.29, 0.717) is 30.0 Å². The molecular weight excluding hydrogens is 370 g/mol. The Morgan fingerprint density at radius 2 is 2.36 bits per heavy atom. The van der Waals surface area contributed by atoms with Crippen molar-refractivity contribution in [2.24, 2.45) is 11.7 Å². The molecule has 1 aromatic carbocycles. The van der Waals surface area contributed by atoms with Crippen molar-refractivity contribution in [3.05, 3.63) is 41.6 Å². The first-order chi connectivity index (χ1) is 13.5. The van der Waals surface area contributed by atoms with Crippen molar-refractivity contribution in [1.29, 1.82) is 5.26 Å². The fourth-order valence-corrected chi connectivity index (χ4v) is 4.51. The number of carbonyl (C=O) groups is 1. The van der Waals surface area contributed by atoms with Crippen molar-refractivity contribution < 1.29 is 4.79 Å². The second-order valence-corrected chi connectivity index (χ2v) is 8.56. The van der Waals surface area contributed by atoms with Crippen LogP contribution in [0.4, 0.5) is 0 Å². The highest BCUT2D eigenvalue weighted by atomic mass is 32.2. The molecule has 0 spiro atoms. The van der Waals surface area contributed by atoms with E-state index < -0.39 is 11.6 Å². The summed E-state index contributed by atoms with van der Waals surface area (Å²) in [6.07, 6.45) is 5.14. The minimum atomic E-state index is -0.582. The number of nitrogens with zero attached hydrogens (tertiary/aromatic N) is 2. The average molecular weight is 398 g/mol. The largest absolute Gasteiger partial charge is 0.344 e. The monoisotopic (exact) mass is 397 g/mol. The molecule has 1 fully saturated rings. The van der Waals surface area contributed by atoms with Crippen molar-refractivity contribution in [3.8, 4) is 6.07 Å². The molecular formula is C21H27N5OS. The summed E-state index contributed by atoms with van der Waals surface area (Å²) in [5.74, 6) is 1.10. The van der Waals surface area contributed by atoms with Crippen molar-refractivity contribution in [2.45, 2.75) is 31.3 Å². The van der Waals surface area contributed by atoms with E-state index in [-0.39, 0.29) is 5.91 Å². The summed E-state index contributed by atoms with van der Waals surface area (Å²) in [7, 11) is 0. The Balaban J connectivity index is 2.05. The Kier molecular flexibility index (Phi) is 6.55. The first-order valence-corrected chi connectivity index (χ1v) is 11.0. The number of piperidine rings is 1. The van der Waals surface area contributed by atoms with Gasteiger partial charge in [0, 0.05) is 18.1 Å². The summed E-state index contributed by atoms with van der Waals surface area (Å²) in [4.78, 5) is 17.3. The van der Waals surface area contributed by atoms with Gasteiger partial charge in [0.2, 0.25) is 5.91 Å². The van der Waals surface area contributed by atoms with Gasteiger partial charge in [0.1, 0.15) is 6.07 Å². The van der Waals surface area contributed by atoms with Crippen LogP contribution >= 0.6 is 11.8 Å². The van der Waals surface area contributed by atoms with Gasteiger partial charge in [-0.15, -0.1) is 0 Å². The molecule has 1 amide bonds. The Morgan fingerprint density at radius 3 is 3.07 bits per heavy atom. The molecule has 148 valence electrons. The summed E-state index contributed by atoms with van der Waals surface area (Å²) in [5.41, 5.74) is 7.76. The van der Waals surface area contributed by atoms with Gasteiger partial charge < -0.3 is 16.4 Å². The van der Waals surface area contributed by atoms with Gasteiger partial charge in [0.25, 0.3) is 0 Å². The first-order valence-electron chi connectivity index (χ1n) is 9.56. The lowest BCUT2D eigenvalue weighted by Crippen LogP contribution is -2.60. The number of hydrogen-bond donors (Lipinski definition) is 3. The highest BCUT2D eigenvalue weighted by Crippen LogP contribution is 2.36. The summed E-state index contributed by atoms with van der Waals surface area (Å²) in [6, 6.07) is 9.27. The van der Waals surface area contributed by atoms with Crippen LogP contribution in [0.2, 0.25) is 0 Å². The summed E-state index contributed by atoms with van der Waals surface area (Å²) < 4.78 is 0. The van der Waals surface area contributed by atoms with Gasteiger partial charge in [0.15, 0.2) is 0 Å². The van der Waals surface area contributed by atoms with Gasteiger partial charge in [-0.3, -0.25) is 9.78 Å². The summed E-state index contributed by atoms with van der Waals surface area (Å²) in [5, 5.41) is 17.1. The second kappa shape index (κ2) is 8.91. The van der Waals surface area contributed by atoms with Gasteiger partial charge in [-0.2, -0.15) is 17.0 Å². The predicted molar refractivity (Wildman–Crippen MR) is 114 cm³/mol. The minimum Gasteiger partial charge on any atom is -0.344 e. The Hall–Kier alpha value is -2.14. The molecule has 1 aromatic heterocycles. The third-order valence-electron chi connectivity index (χ3n) is 5.35. The van der Waals surface area contributed by atoms with E-state index in [1.54, 1.807) is 24.0 Å². The Labute approximate surface area is 170 Å². The smallest absolute Gasteiger partial charge is 0.237 e. The molecule has 2 heterocycles. The normalized spacial score (nSPS) is 23.1. The first kappa shape index (κ1) is 20.6. The number of amides is 1. The van der Waals surface area contributed by atoms with Crippen LogP contribution in [0.15, 0.2) is 30.5 Å². The number of nitrogens with one attached hydrogen (secondary N) is 2. The summed E-state index contributed by atoms with van der Waals surface area (Å²) in [6.45, 7) is 3.70. The number of aromatic nitrogens is 1. The van der Waals surface area contributed by atoms with E-state index in [1.165, 1.54) is 0 Å². The van der Waals surface area contributed by atoms with E-state index in [2.05, 4.69) is 28.6 Å². The predicted octanol–water partition coefficient (Wildman–Crippen LogP) is 2.13. The molecule has 7 heteroatoms.